The van der Waals surface area contributed by atoms with Crippen molar-refractivity contribution in [3.8, 4) is 0 Å². The summed E-state index contributed by atoms with van der Waals surface area (Å²) in [7, 11) is -1.53. The van der Waals surface area contributed by atoms with Crippen LogP contribution in [0.5, 0.6) is 0 Å². The van der Waals surface area contributed by atoms with Crippen LogP contribution in [0.4, 0.5) is 11.5 Å². The van der Waals surface area contributed by atoms with Gasteiger partial charge in [-0.1, -0.05) is 13.8 Å². The molecule has 0 radical (unpaired) electrons. The van der Waals surface area contributed by atoms with E-state index < -0.39 is 14.8 Å². The van der Waals surface area contributed by atoms with Crippen molar-refractivity contribution < 1.29 is 13.3 Å². The van der Waals surface area contributed by atoms with E-state index in [0.717, 1.165) is 6.26 Å². The van der Waals surface area contributed by atoms with Gasteiger partial charge in [0.2, 0.25) is 5.82 Å². The lowest BCUT2D eigenvalue weighted by Gasteiger charge is -2.05. The van der Waals surface area contributed by atoms with Gasteiger partial charge in [0.15, 0.2) is 0 Å². The maximum Gasteiger partial charge on any atom is 0.334 e. The Morgan fingerprint density at radius 2 is 2.05 bits per heavy atom. The molecule has 0 aliphatic rings. The number of hydrogen-bond acceptors (Lipinski definition) is 6. The van der Waals surface area contributed by atoms with Gasteiger partial charge in [-0.15, -0.1) is 0 Å². The van der Waals surface area contributed by atoms with E-state index in [-0.39, 0.29) is 29.7 Å². The average Bonchev–Trinajstić information content (AvgIpc) is 2.54. The van der Waals surface area contributed by atoms with Gasteiger partial charge in [0.05, 0.1) is 10.7 Å². The Balaban J connectivity index is 3.03. The van der Waals surface area contributed by atoms with Crippen LogP contribution in [-0.4, -0.2) is 41.7 Å². The molecule has 0 bridgehead atoms. The Morgan fingerprint density at radius 3 is 2.47 bits per heavy atom. The Hall–Kier alpha value is -1.64. The Kier molecular flexibility index (Phi) is 4.51. The topological polar surface area (TPSA) is 107 Å². The van der Waals surface area contributed by atoms with Crippen LogP contribution < -0.4 is 5.32 Å². The fourth-order valence-corrected chi connectivity index (χ4v) is 2.13. The predicted molar refractivity (Wildman–Crippen MR) is 72.2 cm³/mol. The van der Waals surface area contributed by atoms with Crippen molar-refractivity contribution in [1.82, 2.24) is 9.78 Å². The third-order valence-corrected chi connectivity index (χ3v) is 3.49. The molecule has 9 heteroatoms. The standard InChI is InChI=1S/C10H18N4O4S/c1-7(2)8-9(14(15)16)10(13(3)12-8)11-5-6-19(4,17)18/h7,11H,5-6H2,1-4H3. The van der Waals surface area contributed by atoms with Crippen molar-refractivity contribution in [3.63, 3.8) is 0 Å². The molecule has 0 saturated heterocycles. The van der Waals surface area contributed by atoms with Gasteiger partial charge in [-0.05, 0) is 0 Å². The minimum absolute atomic E-state index is 0.0861. The summed E-state index contributed by atoms with van der Waals surface area (Å²) in [5, 5.41) is 18.0. The summed E-state index contributed by atoms with van der Waals surface area (Å²) in [4.78, 5) is 10.6. The highest BCUT2D eigenvalue weighted by molar-refractivity contribution is 7.90. The van der Waals surface area contributed by atoms with Crippen LogP contribution in [0.3, 0.4) is 0 Å². The summed E-state index contributed by atoms with van der Waals surface area (Å²) in [5.74, 6) is 0.0567. The van der Waals surface area contributed by atoms with Gasteiger partial charge in [0.1, 0.15) is 15.5 Å². The summed E-state index contributed by atoms with van der Waals surface area (Å²) < 4.78 is 23.5. The van der Waals surface area contributed by atoms with E-state index in [0.29, 0.717) is 5.69 Å². The molecular weight excluding hydrogens is 272 g/mol. The first kappa shape index (κ1) is 15.4. The number of rotatable bonds is 6. The van der Waals surface area contributed by atoms with Gasteiger partial charge in [0.25, 0.3) is 0 Å². The molecule has 0 saturated carbocycles. The second-order valence-corrected chi connectivity index (χ2v) is 6.93. The molecule has 1 aromatic heterocycles. The van der Waals surface area contributed by atoms with Gasteiger partial charge in [0, 0.05) is 25.8 Å². The largest absolute Gasteiger partial charge is 0.364 e. The van der Waals surface area contributed by atoms with Crippen molar-refractivity contribution >= 4 is 21.3 Å². The number of nitrogens with zero attached hydrogens (tertiary/aromatic N) is 3. The van der Waals surface area contributed by atoms with E-state index in [4.69, 9.17) is 0 Å². The second-order valence-electron chi connectivity index (χ2n) is 4.67. The number of nitrogens with one attached hydrogen (secondary N) is 1. The molecule has 0 aliphatic carbocycles. The van der Waals surface area contributed by atoms with Crippen LogP contribution >= 0.6 is 0 Å². The molecule has 0 unspecified atom stereocenters. The summed E-state index contributed by atoms with van der Waals surface area (Å²) in [6, 6.07) is 0. The lowest BCUT2D eigenvalue weighted by Crippen LogP contribution is -2.16. The fraction of sp³-hybridized carbons (Fsp3) is 0.700. The van der Waals surface area contributed by atoms with Gasteiger partial charge in [-0.25, -0.2) is 13.1 Å². The summed E-state index contributed by atoms with van der Waals surface area (Å²) in [5.41, 5.74) is 0.292. The molecule has 0 fully saturated rings. The van der Waals surface area contributed by atoms with Crippen LogP contribution in [0, 0.1) is 10.1 Å². The molecule has 1 rings (SSSR count). The lowest BCUT2D eigenvalue weighted by molar-refractivity contribution is -0.384. The molecule has 1 N–H and O–H groups in total. The maximum absolute atomic E-state index is 11.1. The Labute approximate surface area is 111 Å². The Morgan fingerprint density at radius 1 is 1.47 bits per heavy atom. The number of nitro groups is 1. The molecule has 108 valence electrons. The zero-order valence-electron chi connectivity index (χ0n) is 11.4. The first-order valence-electron chi connectivity index (χ1n) is 5.76. The van der Waals surface area contributed by atoms with E-state index in [1.165, 1.54) is 4.68 Å². The van der Waals surface area contributed by atoms with Crippen molar-refractivity contribution in [2.24, 2.45) is 7.05 Å². The van der Waals surface area contributed by atoms with Gasteiger partial charge in [-0.2, -0.15) is 5.10 Å². The zero-order valence-corrected chi connectivity index (χ0v) is 12.2. The third kappa shape index (κ3) is 3.91. The highest BCUT2D eigenvalue weighted by Gasteiger charge is 2.28. The highest BCUT2D eigenvalue weighted by atomic mass is 32.2. The van der Waals surface area contributed by atoms with E-state index in [1.807, 2.05) is 13.8 Å². The summed E-state index contributed by atoms with van der Waals surface area (Å²) >= 11 is 0. The van der Waals surface area contributed by atoms with E-state index >= 15 is 0 Å². The van der Waals surface area contributed by atoms with Crippen LogP contribution in [0.1, 0.15) is 25.5 Å². The van der Waals surface area contributed by atoms with Gasteiger partial charge < -0.3 is 5.32 Å². The molecular formula is C10H18N4O4S. The molecule has 1 heterocycles. The van der Waals surface area contributed by atoms with E-state index in [2.05, 4.69) is 10.4 Å². The number of aromatic nitrogens is 2. The molecule has 0 atom stereocenters. The van der Waals surface area contributed by atoms with Crippen molar-refractivity contribution in [2.75, 3.05) is 23.9 Å². The monoisotopic (exact) mass is 290 g/mol. The molecule has 0 aliphatic heterocycles. The third-order valence-electron chi connectivity index (χ3n) is 2.54. The molecule has 8 nitrogen and oxygen atoms in total. The lowest BCUT2D eigenvalue weighted by atomic mass is 10.1. The summed E-state index contributed by atoms with van der Waals surface area (Å²) in [6.45, 7) is 3.74. The smallest absolute Gasteiger partial charge is 0.334 e. The SMILES string of the molecule is CC(C)c1nn(C)c(NCCS(C)(=O)=O)c1[N+](=O)[O-]. The van der Waals surface area contributed by atoms with E-state index in [9.17, 15) is 18.5 Å². The number of sulfone groups is 1. The summed E-state index contributed by atoms with van der Waals surface area (Å²) in [6.07, 6.45) is 1.12. The molecule has 0 spiro atoms. The first-order chi connectivity index (χ1) is 8.63. The quantitative estimate of drug-likeness (QED) is 0.616. The number of hydrogen-bond donors (Lipinski definition) is 1. The van der Waals surface area contributed by atoms with Crippen LogP contribution in [0.15, 0.2) is 0 Å². The minimum atomic E-state index is -3.11. The molecule has 0 amide bonds. The highest BCUT2D eigenvalue weighted by Crippen LogP contribution is 2.32. The van der Waals surface area contributed by atoms with Gasteiger partial charge in [-0.3, -0.25) is 10.1 Å². The molecule has 1 aromatic rings. The van der Waals surface area contributed by atoms with Crippen LogP contribution in [-0.2, 0) is 16.9 Å². The fourth-order valence-electron chi connectivity index (χ4n) is 1.66. The minimum Gasteiger partial charge on any atom is -0.364 e. The average molecular weight is 290 g/mol. The first-order valence-corrected chi connectivity index (χ1v) is 7.82. The number of anilines is 1. The van der Waals surface area contributed by atoms with Crippen LogP contribution in [0.25, 0.3) is 0 Å². The maximum atomic E-state index is 11.1. The van der Waals surface area contributed by atoms with Crippen molar-refractivity contribution in [3.05, 3.63) is 15.8 Å². The molecule has 0 aromatic carbocycles. The normalized spacial score (nSPS) is 11.8. The zero-order chi connectivity index (χ0) is 14.8. The van der Waals surface area contributed by atoms with Crippen LogP contribution in [0.2, 0.25) is 0 Å². The second kappa shape index (κ2) is 5.55. The molecule has 19 heavy (non-hydrogen) atoms. The predicted octanol–water partition coefficient (Wildman–Crippen LogP) is 0.908. The Bertz CT molecular complexity index is 577. The van der Waals surface area contributed by atoms with Crippen molar-refractivity contribution in [2.45, 2.75) is 19.8 Å². The number of aryl methyl sites for hydroxylation is 1. The van der Waals surface area contributed by atoms with Gasteiger partial charge >= 0.3 is 5.69 Å². The van der Waals surface area contributed by atoms with E-state index in [1.54, 1.807) is 7.05 Å². The van der Waals surface area contributed by atoms with Crippen molar-refractivity contribution in [1.29, 1.82) is 0 Å².